The zero-order valence-corrected chi connectivity index (χ0v) is 14.2. The number of carbonyl (C=O) groups excluding carboxylic acids is 2. The molecule has 1 aromatic rings. The minimum Gasteiger partial charge on any atom is -0.365 e. The van der Waals surface area contributed by atoms with E-state index in [9.17, 15) is 9.59 Å². The summed E-state index contributed by atoms with van der Waals surface area (Å²) in [6.45, 7) is 9.46. The maximum absolute atomic E-state index is 12.1. The fraction of sp³-hybridized carbons (Fsp3) is 0.688. The van der Waals surface area contributed by atoms with E-state index < -0.39 is 0 Å². The monoisotopic (exact) mass is 323 g/mol. The third kappa shape index (κ3) is 4.79. The van der Waals surface area contributed by atoms with E-state index in [0.29, 0.717) is 31.3 Å². The van der Waals surface area contributed by atoms with E-state index >= 15 is 0 Å². The van der Waals surface area contributed by atoms with Crippen LogP contribution in [0.25, 0.3) is 0 Å². The Morgan fingerprint density at radius 2 is 2.17 bits per heavy atom. The highest BCUT2D eigenvalue weighted by Gasteiger charge is 2.27. The van der Waals surface area contributed by atoms with Gasteiger partial charge in [0.2, 0.25) is 11.8 Å². The summed E-state index contributed by atoms with van der Waals surface area (Å²) >= 11 is 0. The van der Waals surface area contributed by atoms with E-state index in [2.05, 4.69) is 24.3 Å². The van der Waals surface area contributed by atoms with Crippen molar-refractivity contribution in [1.29, 1.82) is 0 Å². The number of nitrogens with one attached hydrogen (secondary N) is 1. The predicted octanol–water partition coefficient (Wildman–Crippen LogP) is 0.834. The first-order chi connectivity index (χ1) is 10.9. The normalized spacial score (nSPS) is 18.6. The van der Waals surface area contributed by atoms with Gasteiger partial charge in [0.25, 0.3) is 0 Å². The Balaban J connectivity index is 1.81. The quantitative estimate of drug-likeness (QED) is 0.838. The molecule has 0 saturated carbocycles. The van der Waals surface area contributed by atoms with Gasteiger partial charge in [-0.25, -0.2) is 0 Å². The molecule has 7 nitrogen and oxygen atoms in total. The van der Waals surface area contributed by atoms with Crippen molar-refractivity contribution in [3.8, 4) is 0 Å². The van der Waals surface area contributed by atoms with Gasteiger partial charge in [0.05, 0.1) is 18.2 Å². The van der Waals surface area contributed by atoms with Gasteiger partial charge in [-0.15, -0.1) is 0 Å². The van der Waals surface area contributed by atoms with Crippen LogP contribution in [-0.4, -0.2) is 54.2 Å². The van der Waals surface area contributed by atoms with Crippen LogP contribution in [0.2, 0.25) is 0 Å². The van der Waals surface area contributed by atoms with Crippen molar-refractivity contribution >= 4 is 11.8 Å². The molecule has 1 aromatic heterocycles. The second-order valence-electron chi connectivity index (χ2n) is 6.41. The lowest BCUT2D eigenvalue weighted by atomic mass is 10.1. The van der Waals surface area contributed by atoms with Crippen LogP contribution in [0.3, 0.4) is 0 Å². The summed E-state index contributed by atoms with van der Waals surface area (Å²) < 4.78 is 10.6. The lowest BCUT2D eigenvalue weighted by Crippen LogP contribution is -2.51. The number of hydrogen-bond donors (Lipinski definition) is 1. The Hall–Kier alpha value is -1.89. The molecule has 1 saturated heterocycles. The molecule has 0 aromatic carbocycles. The third-order valence-corrected chi connectivity index (χ3v) is 3.85. The second kappa shape index (κ2) is 7.59. The average molecular weight is 323 g/mol. The Morgan fingerprint density at radius 1 is 1.43 bits per heavy atom. The van der Waals surface area contributed by atoms with Crippen LogP contribution in [0.5, 0.6) is 0 Å². The largest absolute Gasteiger partial charge is 0.365 e. The number of aromatic nitrogens is 1. The molecule has 1 N–H and O–H groups in total. The van der Waals surface area contributed by atoms with Crippen molar-refractivity contribution in [3.63, 3.8) is 0 Å². The lowest BCUT2D eigenvalue weighted by Gasteiger charge is -2.33. The van der Waals surface area contributed by atoms with Gasteiger partial charge in [-0.2, -0.15) is 0 Å². The Morgan fingerprint density at radius 3 is 2.78 bits per heavy atom. The third-order valence-electron chi connectivity index (χ3n) is 3.85. The maximum atomic E-state index is 12.1. The first-order valence-corrected chi connectivity index (χ1v) is 7.94. The molecule has 0 spiro atoms. The number of hydrogen-bond acceptors (Lipinski definition) is 5. The predicted molar refractivity (Wildman–Crippen MR) is 83.8 cm³/mol. The van der Waals surface area contributed by atoms with Gasteiger partial charge in [-0.3, -0.25) is 9.59 Å². The zero-order chi connectivity index (χ0) is 17.0. The average Bonchev–Trinajstić information content (AvgIpc) is 2.79. The van der Waals surface area contributed by atoms with E-state index in [1.54, 1.807) is 11.8 Å². The summed E-state index contributed by atoms with van der Waals surface area (Å²) in [6.07, 6.45) is 0.0720. The van der Waals surface area contributed by atoms with Crippen LogP contribution in [0.1, 0.15) is 30.9 Å². The Kier molecular flexibility index (Phi) is 5.76. The van der Waals surface area contributed by atoms with Crippen molar-refractivity contribution in [2.24, 2.45) is 5.92 Å². The van der Waals surface area contributed by atoms with Crippen molar-refractivity contribution < 1.29 is 18.8 Å². The Bertz CT molecular complexity index is 548. The standard InChI is InChI=1S/C16H25N3O4/c1-10(2)7-19-8-13(22-9-16(19)21)6-17-15(20)5-14-11(3)18-23-12(14)4/h10,13H,5-9H2,1-4H3,(H,17,20). The summed E-state index contributed by atoms with van der Waals surface area (Å²) in [4.78, 5) is 25.7. The molecule has 1 aliphatic rings. The molecule has 2 heterocycles. The number of carbonyl (C=O) groups is 2. The fourth-order valence-electron chi connectivity index (χ4n) is 2.63. The van der Waals surface area contributed by atoms with E-state index in [1.807, 2.05) is 6.92 Å². The number of rotatable bonds is 6. The molecule has 1 aliphatic heterocycles. The molecule has 1 unspecified atom stereocenters. The van der Waals surface area contributed by atoms with Gasteiger partial charge >= 0.3 is 0 Å². The van der Waals surface area contributed by atoms with Gasteiger partial charge in [0.1, 0.15) is 12.4 Å². The smallest absolute Gasteiger partial charge is 0.248 e. The SMILES string of the molecule is Cc1noc(C)c1CC(=O)NCC1CN(CC(C)C)C(=O)CO1. The van der Waals surface area contributed by atoms with Gasteiger partial charge in [-0.05, 0) is 19.8 Å². The number of amides is 2. The van der Waals surface area contributed by atoms with E-state index in [1.165, 1.54) is 0 Å². The van der Waals surface area contributed by atoms with Crippen LogP contribution in [0, 0.1) is 19.8 Å². The molecule has 0 aliphatic carbocycles. The molecule has 2 rings (SSSR count). The zero-order valence-electron chi connectivity index (χ0n) is 14.2. The van der Waals surface area contributed by atoms with Gasteiger partial charge in [0.15, 0.2) is 0 Å². The molecular formula is C16H25N3O4. The molecule has 0 bridgehead atoms. The molecule has 0 radical (unpaired) electrons. The summed E-state index contributed by atoms with van der Waals surface area (Å²) in [5.74, 6) is 0.986. The fourth-order valence-corrected chi connectivity index (χ4v) is 2.63. The topological polar surface area (TPSA) is 84.7 Å². The minimum atomic E-state index is -0.167. The molecule has 128 valence electrons. The van der Waals surface area contributed by atoms with Crippen LogP contribution >= 0.6 is 0 Å². The van der Waals surface area contributed by atoms with E-state index in [4.69, 9.17) is 9.26 Å². The van der Waals surface area contributed by atoms with Crippen LogP contribution < -0.4 is 5.32 Å². The number of aryl methyl sites for hydroxylation is 2. The van der Waals surface area contributed by atoms with Crippen LogP contribution in [0.4, 0.5) is 0 Å². The number of morpholine rings is 1. The number of ether oxygens (including phenoxy) is 1. The first-order valence-electron chi connectivity index (χ1n) is 7.94. The van der Waals surface area contributed by atoms with Gasteiger partial charge in [0, 0.05) is 25.2 Å². The summed E-state index contributed by atoms with van der Waals surface area (Å²) in [7, 11) is 0. The molecule has 1 fully saturated rings. The minimum absolute atomic E-state index is 0.0111. The van der Waals surface area contributed by atoms with Crippen molar-refractivity contribution in [2.45, 2.75) is 40.2 Å². The Labute approximate surface area is 136 Å². The van der Waals surface area contributed by atoms with Crippen molar-refractivity contribution in [3.05, 3.63) is 17.0 Å². The molecular weight excluding hydrogens is 298 g/mol. The van der Waals surface area contributed by atoms with Crippen molar-refractivity contribution in [2.75, 3.05) is 26.2 Å². The second-order valence-corrected chi connectivity index (χ2v) is 6.41. The maximum Gasteiger partial charge on any atom is 0.248 e. The van der Waals surface area contributed by atoms with Crippen molar-refractivity contribution in [1.82, 2.24) is 15.4 Å². The van der Waals surface area contributed by atoms with Crippen LogP contribution in [0.15, 0.2) is 4.52 Å². The molecule has 1 atom stereocenters. The highest BCUT2D eigenvalue weighted by atomic mass is 16.5. The van der Waals surface area contributed by atoms with Gasteiger partial charge < -0.3 is 19.5 Å². The number of nitrogens with zero attached hydrogens (tertiary/aromatic N) is 2. The molecule has 23 heavy (non-hydrogen) atoms. The molecule has 2 amide bonds. The summed E-state index contributed by atoms with van der Waals surface area (Å²) in [5.41, 5.74) is 1.56. The summed E-state index contributed by atoms with van der Waals surface area (Å²) in [5, 5.41) is 6.70. The molecule has 7 heteroatoms. The highest BCUT2D eigenvalue weighted by Crippen LogP contribution is 2.13. The highest BCUT2D eigenvalue weighted by molar-refractivity contribution is 5.79. The van der Waals surface area contributed by atoms with E-state index in [-0.39, 0.29) is 30.9 Å². The van der Waals surface area contributed by atoms with E-state index in [0.717, 1.165) is 11.3 Å². The first kappa shape index (κ1) is 17.5. The van der Waals surface area contributed by atoms with Gasteiger partial charge in [-0.1, -0.05) is 19.0 Å². The lowest BCUT2D eigenvalue weighted by molar-refractivity contribution is -0.149. The summed E-state index contributed by atoms with van der Waals surface area (Å²) in [6, 6.07) is 0. The van der Waals surface area contributed by atoms with Crippen LogP contribution in [-0.2, 0) is 20.7 Å².